The van der Waals surface area contributed by atoms with E-state index in [2.05, 4.69) is 11.1 Å². The van der Waals surface area contributed by atoms with Crippen molar-refractivity contribution in [2.75, 3.05) is 11.4 Å². The number of fused-ring (bicyclic) bond motifs is 1. The minimum Gasteiger partial charge on any atom is -0.361 e. The molecule has 28 heavy (non-hydrogen) atoms. The number of aromatic amines is 1. The van der Waals surface area contributed by atoms with E-state index in [1.54, 1.807) is 24.3 Å². The number of rotatable bonds is 6. The van der Waals surface area contributed by atoms with Crippen LogP contribution in [-0.2, 0) is 16.0 Å². The molecule has 0 spiro atoms. The normalized spacial score (nSPS) is 16.9. The molecule has 3 aromatic rings. The molecule has 0 aliphatic carbocycles. The topological polar surface area (TPSA) is 86.8 Å². The second-order valence-electron chi connectivity index (χ2n) is 7.11. The Morgan fingerprint density at radius 1 is 1.14 bits per heavy atom. The Morgan fingerprint density at radius 3 is 2.64 bits per heavy atom. The molecule has 1 saturated heterocycles. The van der Waals surface area contributed by atoms with Crippen molar-refractivity contribution in [3.05, 3.63) is 65.9 Å². The van der Waals surface area contributed by atoms with Crippen LogP contribution in [0.25, 0.3) is 10.9 Å². The van der Waals surface area contributed by atoms with E-state index in [0.717, 1.165) is 18.5 Å². The number of H-pyrrole nitrogens is 1. The Balaban J connectivity index is 1.40. The third-order valence-electron chi connectivity index (χ3n) is 5.25. The van der Waals surface area contributed by atoms with E-state index in [1.807, 2.05) is 29.7 Å². The Bertz CT molecular complexity index is 1050. The van der Waals surface area contributed by atoms with Crippen molar-refractivity contribution in [2.24, 2.45) is 0 Å². The molecule has 2 heterocycles. The molecule has 1 atom stereocenters. The smallest absolute Gasteiger partial charge is 0.292 e. The highest BCUT2D eigenvalue weighted by atomic mass is 16.2. The van der Waals surface area contributed by atoms with Gasteiger partial charge in [0.25, 0.3) is 5.91 Å². The van der Waals surface area contributed by atoms with Crippen LogP contribution in [0, 0.1) is 0 Å². The number of para-hydroxylation sites is 1. The Labute approximate surface area is 162 Å². The van der Waals surface area contributed by atoms with Crippen molar-refractivity contribution < 1.29 is 19.7 Å². The summed E-state index contributed by atoms with van der Waals surface area (Å²) in [5.41, 5.74) is 3.39. The highest BCUT2D eigenvalue weighted by Gasteiger charge is 2.42. The number of ketones is 1. The van der Waals surface area contributed by atoms with Crippen LogP contribution in [0.2, 0.25) is 0 Å². The lowest BCUT2D eigenvalue weighted by Crippen LogP contribution is -2.92. The molecule has 2 aromatic carbocycles. The van der Waals surface area contributed by atoms with Gasteiger partial charge >= 0.3 is 0 Å². The van der Waals surface area contributed by atoms with E-state index >= 15 is 0 Å². The Morgan fingerprint density at radius 2 is 1.89 bits per heavy atom. The van der Waals surface area contributed by atoms with E-state index < -0.39 is 6.04 Å². The van der Waals surface area contributed by atoms with Crippen LogP contribution in [0.3, 0.4) is 0 Å². The SMILES string of the molecule is CC(=O)c1ccc(N2C(=O)C[C@H]([NH2+]CCc3c[nH]c4ccccc34)C2=O)cc1. The number of nitrogens with zero attached hydrogens (tertiary/aromatic N) is 1. The molecule has 6 heteroatoms. The minimum absolute atomic E-state index is 0.0471. The quantitative estimate of drug-likeness (QED) is 0.508. The van der Waals surface area contributed by atoms with Crippen molar-refractivity contribution in [2.45, 2.75) is 25.8 Å². The number of hydrogen-bond acceptors (Lipinski definition) is 3. The molecule has 0 unspecified atom stereocenters. The molecule has 0 radical (unpaired) electrons. The maximum atomic E-state index is 12.7. The first-order valence-electron chi connectivity index (χ1n) is 9.40. The lowest BCUT2D eigenvalue weighted by Gasteiger charge is -2.14. The third-order valence-corrected chi connectivity index (χ3v) is 5.25. The molecule has 0 saturated carbocycles. The first kappa shape index (κ1) is 18.1. The number of quaternary nitrogens is 1. The number of carbonyl (C=O) groups is 3. The van der Waals surface area contributed by atoms with Crippen molar-refractivity contribution in [1.82, 2.24) is 4.98 Å². The van der Waals surface area contributed by atoms with Crippen LogP contribution in [0.5, 0.6) is 0 Å². The maximum absolute atomic E-state index is 12.7. The summed E-state index contributed by atoms with van der Waals surface area (Å²) in [5, 5.41) is 3.14. The first-order chi connectivity index (χ1) is 13.5. The predicted molar refractivity (Wildman–Crippen MR) is 106 cm³/mol. The summed E-state index contributed by atoms with van der Waals surface area (Å²) in [6.45, 7) is 2.21. The number of carbonyl (C=O) groups excluding carboxylic acids is 3. The number of anilines is 1. The molecule has 2 amide bonds. The fourth-order valence-electron chi connectivity index (χ4n) is 3.73. The van der Waals surface area contributed by atoms with Crippen LogP contribution in [0.15, 0.2) is 54.7 Å². The average Bonchev–Trinajstić information content (AvgIpc) is 3.23. The van der Waals surface area contributed by atoms with Crippen molar-refractivity contribution in [3.8, 4) is 0 Å². The fourth-order valence-corrected chi connectivity index (χ4v) is 3.73. The molecule has 1 aliphatic heterocycles. The molecule has 1 aliphatic rings. The van der Waals surface area contributed by atoms with Gasteiger partial charge in [0.05, 0.1) is 18.7 Å². The molecule has 4 rings (SSSR count). The zero-order valence-electron chi connectivity index (χ0n) is 15.6. The van der Waals surface area contributed by atoms with Crippen LogP contribution >= 0.6 is 0 Å². The number of amides is 2. The summed E-state index contributed by atoms with van der Waals surface area (Å²) >= 11 is 0. The summed E-state index contributed by atoms with van der Waals surface area (Å²) in [6, 6.07) is 14.3. The van der Waals surface area contributed by atoms with Crippen LogP contribution in [0.1, 0.15) is 29.3 Å². The van der Waals surface area contributed by atoms with Crippen LogP contribution in [0.4, 0.5) is 5.69 Å². The van der Waals surface area contributed by atoms with E-state index in [0.29, 0.717) is 11.3 Å². The average molecular weight is 376 g/mol. The molecule has 1 aromatic heterocycles. The zero-order chi connectivity index (χ0) is 19.7. The summed E-state index contributed by atoms with van der Waals surface area (Å²) < 4.78 is 0. The van der Waals surface area contributed by atoms with Gasteiger partial charge in [-0.1, -0.05) is 18.2 Å². The van der Waals surface area contributed by atoms with Gasteiger partial charge in [0.2, 0.25) is 5.91 Å². The van der Waals surface area contributed by atoms with Gasteiger partial charge in [-0.05, 0) is 42.8 Å². The highest BCUT2D eigenvalue weighted by Crippen LogP contribution is 2.22. The van der Waals surface area contributed by atoms with E-state index in [9.17, 15) is 14.4 Å². The summed E-state index contributed by atoms with van der Waals surface area (Å²) in [4.78, 5) is 41.0. The lowest BCUT2D eigenvalue weighted by molar-refractivity contribution is -0.674. The molecule has 3 N–H and O–H groups in total. The van der Waals surface area contributed by atoms with Crippen molar-refractivity contribution in [3.63, 3.8) is 0 Å². The van der Waals surface area contributed by atoms with Gasteiger partial charge in [0.15, 0.2) is 11.8 Å². The molecule has 142 valence electrons. The van der Waals surface area contributed by atoms with Crippen molar-refractivity contribution in [1.29, 1.82) is 0 Å². The van der Waals surface area contributed by atoms with Crippen LogP contribution < -0.4 is 10.2 Å². The number of hydrogen-bond donors (Lipinski definition) is 2. The summed E-state index contributed by atoms with van der Waals surface area (Å²) in [7, 11) is 0. The highest BCUT2D eigenvalue weighted by molar-refractivity contribution is 6.21. The van der Waals surface area contributed by atoms with Gasteiger partial charge in [-0.2, -0.15) is 0 Å². The van der Waals surface area contributed by atoms with Gasteiger partial charge in [0, 0.05) is 29.1 Å². The van der Waals surface area contributed by atoms with Crippen LogP contribution in [-0.4, -0.2) is 35.2 Å². The molecular weight excluding hydrogens is 354 g/mol. The van der Waals surface area contributed by atoms with Gasteiger partial charge < -0.3 is 10.3 Å². The van der Waals surface area contributed by atoms with Gasteiger partial charge in [-0.15, -0.1) is 0 Å². The minimum atomic E-state index is -0.398. The maximum Gasteiger partial charge on any atom is 0.292 e. The molecule has 6 nitrogen and oxygen atoms in total. The molecular formula is C22H22N3O3+. The largest absolute Gasteiger partial charge is 0.361 e. The standard InChI is InChI=1S/C22H21N3O3/c1-14(26)15-6-8-17(9-7-15)25-21(27)12-20(22(25)28)23-11-10-16-13-24-19-5-3-2-4-18(16)19/h2-9,13,20,23-24H,10-12H2,1H3/p+1/t20-/m0/s1. The lowest BCUT2D eigenvalue weighted by atomic mass is 10.1. The number of aromatic nitrogens is 1. The third kappa shape index (κ3) is 3.34. The summed E-state index contributed by atoms with van der Waals surface area (Å²) in [5.74, 6) is -0.442. The van der Waals surface area contributed by atoms with E-state index in [-0.39, 0.29) is 24.0 Å². The van der Waals surface area contributed by atoms with Gasteiger partial charge in [-0.25, -0.2) is 4.90 Å². The predicted octanol–water partition coefficient (Wildman–Crippen LogP) is 1.81. The summed E-state index contributed by atoms with van der Waals surface area (Å²) in [6.07, 6.45) is 3.01. The number of nitrogens with two attached hydrogens (primary N) is 1. The van der Waals surface area contributed by atoms with Gasteiger partial charge in [0.1, 0.15) is 0 Å². The number of benzene rings is 2. The Hall–Kier alpha value is -3.25. The number of nitrogens with one attached hydrogen (secondary N) is 1. The monoisotopic (exact) mass is 376 g/mol. The van der Waals surface area contributed by atoms with E-state index in [4.69, 9.17) is 0 Å². The number of imide groups is 1. The first-order valence-corrected chi connectivity index (χ1v) is 9.40. The fraction of sp³-hybridized carbons (Fsp3) is 0.227. The molecule has 0 bridgehead atoms. The Kier molecular flexibility index (Phi) is 4.79. The van der Waals surface area contributed by atoms with E-state index in [1.165, 1.54) is 22.8 Å². The number of Topliss-reactive ketones (excluding diaryl/α,β-unsaturated/α-hetero) is 1. The second kappa shape index (κ2) is 7.40. The zero-order valence-corrected chi connectivity index (χ0v) is 15.6. The second-order valence-corrected chi connectivity index (χ2v) is 7.11. The van der Waals surface area contributed by atoms with Gasteiger partial charge in [-0.3, -0.25) is 14.4 Å². The molecule has 1 fully saturated rings. The van der Waals surface area contributed by atoms with Crippen molar-refractivity contribution >= 4 is 34.2 Å².